The van der Waals surface area contributed by atoms with Crippen molar-refractivity contribution in [2.75, 3.05) is 7.11 Å². The molecule has 3 nitrogen and oxygen atoms in total. The van der Waals surface area contributed by atoms with Crippen molar-refractivity contribution in [1.82, 2.24) is 0 Å². The lowest BCUT2D eigenvalue weighted by Crippen LogP contribution is -2.13. The first-order chi connectivity index (χ1) is 9.95. The van der Waals surface area contributed by atoms with Crippen molar-refractivity contribution >= 4 is 23.4 Å². The molecular formula is C17H15ClO3. The fourth-order valence-corrected chi connectivity index (χ4v) is 2.50. The van der Waals surface area contributed by atoms with E-state index >= 15 is 0 Å². The maximum absolute atomic E-state index is 12.7. The van der Waals surface area contributed by atoms with Gasteiger partial charge in [0, 0.05) is 5.56 Å². The van der Waals surface area contributed by atoms with Crippen LogP contribution in [0.2, 0.25) is 5.02 Å². The lowest BCUT2D eigenvalue weighted by molar-refractivity contribution is 0.0597. The Morgan fingerprint density at radius 3 is 2.38 bits per heavy atom. The number of rotatable bonds is 3. The van der Waals surface area contributed by atoms with Crippen LogP contribution in [0.1, 0.15) is 37.4 Å². The van der Waals surface area contributed by atoms with Gasteiger partial charge in [-0.1, -0.05) is 41.4 Å². The van der Waals surface area contributed by atoms with E-state index in [2.05, 4.69) is 0 Å². The van der Waals surface area contributed by atoms with Crippen LogP contribution in [0.25, 0.3) is 0 Å². The van der Waals surface area contributed by atoms with Crippen LogP contribution in [-0.4, -0.2) is 18.9 Å². The normalized spacial score (nSPS) is 10.3. The SMILES string of the molecule is COC(=O)c1cccc(Cl)c1C(=O)c1ccc(C)cc1C. The van der Waals surface area contributed by atoms with E-state index in [0.29, 0.717) is 5.56 Å². The van der Waals surface area contributed by atoms with Crippen LogP contribution in [0.4, 0.5) is 0 Å². The minimum Gasteiger partial charge on any atom is -0.465 e. The van der Waals surface area contributed by atoms with E-state index < -0.39 is 5.97 Å². The largest absolute Gasteiger partial charge is 0.465 e. The number of hydrogen-bond donors (Lipinski definition) is 0. The van der Waals surface area contributed by atoms with Gasteiger partial charge in [-0.2, -0.15) is 0 Å². The van der Waals surface area contributed by atoms with Crippen molar-refractivity contribution in [2.45, 2.75) is 13.8 Å². The van der Waals surface area contributed by atoms with Gasteiger partial charge in [-0.3, -0.25) is 4.79 Å². The smallest absolute Gasteiger partial charge is 0.338 e. The average Bonchev–Trinajstić information content (AvgIpc) is 2.45. The molecule has 0 unspecified atom stereocenters. The molecule has 0 heterocycles. The quantitative estimate of drug-likeness (QED) is 0.636. The maximum Gasteiger partial charge on any atom is 0.338 e. The molecular weight excluding hydrogens is 288 g/mol. The number of ether oxygens (including phenoxy) is 1. The minimum absolute atomic E-state index is 0.176. The second-order valence-corrected chi connectivity index (χ2v) is 5.21. The summed E-state index contributed by atoms with van der Waals surface area (Å²) in [5.41, 5.74) is 2.79. The van der Waals surface area contributed by atoms with Crippen molar-refractivity contribution in [2.24, 2.45) is 0 Å². The van der Waals surface area contributed by atoms with E-state index in [0.717, 1.165) is 11.1 Å². The molecule has 0 aliphatic carbocycles. The Bertz CT molecular complexity index is 720. The van der Waals surface area contributed by atoms with Crippen LogP contribution >= 0.6 is 11.6 Å². The molecule has 0 radical (unpaired) electrons. The van der Waals surface area contributed by atoms with E-state index in [1.165, 1.54) is 13.2 Å². The third kappa shape index (κ3) is 2.98. The van der Waals surface area contributed by atoms with Crippen LogP contribution in [0.5, 0.6) is 0 Å². The predicted molar refractivity (Wildman–Crippen MR) is 82.1 cm³/mol. The average molecular weight is 303 g/mol. The van der Waals surface area contributed by atoms with Gasteiger partial charge in [0.25, 0.3) is 0 Å². The number of hydrogen-bond acceptors (Lipinski definition) is 3. The molecule has 0 spiro atoms. The van der Waals surface area contributed by atoms with Gasteiger partial charge in [0.1, 0.15) is 0 Å². The van der Waals surface area contributed by atoms with Crippen LogP contribution in [-0.2, 0) is 4.74 Å². The zero-order valence-electron chi connectivity index (χ0n) is 12.1. The van der Waals surface area contributed by atoms with E-state index in [1.807, 2.05) is 26.0 Å². The van der Waals surface area contributed by atoms with Crippen LogP contribution in [0.15, 0.2) is 36.4 Å². The third-order valence-corrected chi connectivity index (χ3v) is 3.59. The summed E-state index contributed by atoms with van der Waals surface area (Å²) in [6, 6.07) is 10.3. The molecule has 108 valence electrons. The highest BCUT2D eigenvalue weighted by molar-refractivity contribution is 6.36. The summed E-state index contributed by atoms with van der Waals surface area (Å²) in [7, 11) is 1.27. The lowest BCUT2D eigenvalue weighted by atomic mass is 9.94. The molecule has 0 bridgehead atoms. The molecule has 0 atom stereocenters. The maximum atomic E-state index is 12.7. The van der Waals surface area contributed by atoms with Gasteiger partial charge >= 0.3 is 5.97 Å². The molecule has 0 amide bonds. The number of benzene rings is 2. The number of methoxy groups -OCH3 is 1. The monoisotopic (exact) mass is 302 g/mol. The standard InChI is InChI=1S/C17H15ClO3/c1-10-7-8-12(11(2)9-10)16(19)15-13(17(20)21-3)5-4-6-14(15)18/h4-9H,1-3H3. The van der Waals surface area contributed by atoms with Crippen LogP contribution in [0.3, 0.4) is 0 Å². The van der Waals surface area contributed by atoms with Gasteiger partial charge in [-0.05, 0) is 31.5 Å². The topological polar surface area (TPSA) is 43.4 Å². The number of aryl methyl sites for hydroxylation is 2. The van der Waals surface area contributed by atoms with E-state index in [-0.39, 0.29) is 21.9 Å². The zero-order valence-corrected chi connectivity index (χ0v) is 12.8. The minimum atomic E-state index is -0.578. The highest BCUT2D eigenvalue weighted by Gasteiger charge is 2.22. The summed E-state index contributed by atoms with van der Waals surface area (Å²) in [6.45, 7) is 3.81. The highest BCUT2D eigenvalue weighted by Crippen LogP contribution is 2.25. The third-order valence-electron chi connectivity index (χ3n) is 3.27. The summed E-state index contributed by atoms with van der Waals surface area (Å²) in [5.74, 6) is -0.857. The summed E-state index contributed by atoms with van der Waals surface area (Å²) < 4.78 is 4.72. The Morgan fingerprint density at radius 2 is 1.76 bits per heavy atom. The Morgan fingerprint density at radius 1 is 1.05 bits per heavy atom. The molecule has 0 N–H and O–H groups in total. The number of carbonyl (C=O) groups excluding carboxylic acids is 2. The first-order valence-corrected chi connectivity index (χ1v) is 6.82. The molecule has 2 rings (SSSR count). The number of carbonyl (C=O) groups is 2. The molecule has 2 aromatic carbocycles. The summed E-state index contributed by atoms with van der Waals surface area (Å²) in [6.07, 6.45) is 0. The summed E-state index contributed by atoms with van der Waals surface area (Å²) in [5, 5.41) is 0.239. The zero-order chi connectivity index (χ0) is 15.6. The van der Waals surface area contributed by atoms with Crippen molar-refractivity contribution in [3.05, 3.63) is 69.2 Å². The molecule has 2 aromatic rings. The molecule has 0 aliphatic rings. The van der Waals surface area contributed by atoms with E-state index in [9.17, 15) is 9.59 Å². The second kappa shape index (κ2) is 6.10. The molecule has 0 fully saturated rings. The van der Waals surface area contributed by atoms with E-state index in [4.69, 9.17) is 16.3 Å². The summed E-state index contributed by atoms with van der Waals surface area (Å²) in [4.78, 5) is 24.6. The fraction of sp³-hybridized carbons (Fsp3) is 0.176. The lowest BCUT2D eigenvalue weighted by Gasteiger charge is -2.11. The van der Waals surface area contributed by atoms with Crippen molar-refractivity contribution in [1.29, 1.82) is 0 Å². The van der Waals surface area contributed by atoms with Crippen LogP contribution < -0.4 is 0 Å². The highest BCUT2D eigenvalue weighted by atomic mass is 35.5. The van der Waals surface area contributed by atoms with Crippen molar-refractivity contribution in [3.63, 3.8) is 0 Å². The molecule has 0 aromatic heterocycles. The van der Waals surface area contributed by atoms with Crippen LogP contribution in [0, 0.1) is 13.8 Å². The predicted octanol–water partition coefficient (Wildman–Crippen LogP) is 3.97. The first kappa shape index (κ1) is 15.3. The fourth-order valence-electron chi connectivity index (χ4n) is 2.24. The Balaban J connectivity index is 2.60. The molecule has 0 saturated heterocycles. The second-order valence-electron chi connectivity index (χ2n) is 4.80. The number of halogens is 1. The number of esters is 1. The Hall–Kier alpha value is -2.13. The van der Waals surface area contributed by atoms with Gasteiger partial charge in [0.15, 0.2) is 5.78 Å². The summed E-state index contributed by atoms with van der Waals surface area (Å²) >= 11 is 6.13. The van der Waals surface area contributed by atoms with E-state index in [1.54, 1.807) is 18.2 Å². The Kier molecular flexibility index (Phi) is 4.43. The first-order valence-electron chi connectivity index (χ1n) is 6.44. The number of ketones is 1. The molecule has 0 saturated carbocycles. The van der Waals surface area contributed by atoms with Gasteiger partial charge < -0.3 is 4.74 Å². The Labute approximate surface area is 128 Å². The molecule has 4 heteroatoms. The van der Waals surface area contributed by atoms with Crippen molar-refractivity contribution < 1.29 is 14.3 Å². The van der Waals surface area contributed by atoms with Crippen molar-refractivity contribution in [3.8, 4) is 0 Å². The van der Waals surface area contributed by atoms with Gasteiger partial charge in [0.2, 0.25) is 0 Å². The van der Waals surface area contributed by atoms with Gasteiger partial charge in [0.05, 0.1) is 23.3 Å². The molecule has 21 heavy (non-hydrogen) atoms. The molecule has 0 aliphatic heterocycles. The van der Waals surface area contributed by atoms with Gasteiger partial charge in [-0.25, -0.2) is 4.79 Å². The van der Waals surface area contributed by atoms with Gasteiger partial charge in [-0.15, -0.1) is 0 Å².